The SMILES string of the molecule is CCC1CCc2sc(-c3nnc(SCC(=O)NCC(C)C)n3C)cc2C1. The lowest BCUT2D eigenvalue weighted by Crippen LogP contribution is -2.28. The van der Waals surface area contributed by atoms with Crippen LogP contribution in [0.15, 0.2) is 11.2 Å². The van der Waals surface area contributed by atoms with E-state index in [2.05, 4.69) is 42.4 Å². The molecule has 2 aromatic rings. The fraction of sp³-hybridized carbons (Fsp3) is 0.632. The highest BCUT2D eigenvalue weighted by Gasteiger charge is 2.22. The van der Waals surface area contributed by atoms with Crippen molar-refractivity contribution < 1.29 is 4.79 Å². The number of carbonyl (C=O) groups excluding carboxylic acids is 1. The van der Waals surface area contributed by atoms with Crippen molar-refractivity contribution in [3.05, 3.63) is 16.5 Å². The smallest absolute Gasteiger partial charge is 0.230 e. The van der Waals surface area contributed by atoms with Gasteiger partial charge in [0.05, 0.1) is 10.6 Å². The first kappa shape index (κ1) is 19.4. The van der Waals surface area contributed by atoms with Gasteiger partial charge in [-0.1, -0.05) is 39.0 Å². The lowest BCUT2D eigenvalue weighted by Gasteiger charge is -2.19. The highest BCUT2D eigenvalue weighted by molar-refractivity contribution is 7.99. The summed E-state index contributed by atoms with van der Waals surface area (Å²) in [5.41, 5.74) is 1.49. The van der Waals surface area contributed by atoms with Crippen LogP contribution in [0.5, 0.6) is 0 Å². The van der Waals surface area contributed by atoms with Gasteiger partial charge in [0.1, 0.15) is 0 Å². The maximum atomic E-state index is 11.9. The van der Waals surface area contributed by atoms with Crippen LogP contribution in [0.3, 0.4) is 0 Å². The summed E-state index contributed by atoms with van der Waals surface area (Å²) >= 11 is 3.30. The van der Waals surface area contributed by atoms with Crippen LogP contribution in [-0.4, -0.2) is 33.0 Å². The van der Waals surface area contributed by atoms with Crippen molar-refractivity contribution in [2.45, 2.75) is 51.6 Å². The number of carbonyl (C=O) groups is 1. The molecule has 1 aliphatic rings. The van der Waals surface area contributed by atoms with Crippen molar-refractivity contribution in [1.82, 2.24) is 20.1 Å². The zero-order chi connectivity index (χ0) is 18.7. The molecule has 1 amide bonds. The third kappa shape index (κ3) is 4.49. The van der Waals surface area contributed by atoms with Gasteiger partial charge in [-0.2, -0.15) is 0 Å². The Bertz CT molecular complexity index is 766. The topological polar surface area (TPSA) is 59.8 Å². The molecule has 1 unspecified atom stereocenters. The predicted molar refractivity (Wildman–Crippen MR) is 109 cm³/mol. The van der Waals surface area contributed by atoms with Crippen molar-refractivity contribution in [1.29, 1.82) is 0 Å². The van der Waals surface area contributed by atoms with Gasteiger partial charge >= 0.3 is 0 Å². The van der Waals surface area contributed by atoms with Crippen LogP contribution < -0.4 is 5.32 Å². The Morgan fingerprint density at radius 1 is 1.46 bits per heavy atom. The van der Waals surface area contributed by atoms with E-state index in [0.29, 0.717) is 18.2 Å². The second-order valence-electron chi connectivity index (χ2n) is 7.43. The van der Waals surface area contributed by atoms with Gasteiger partial charge in [-0.05, 0) is 42.7 Å². The van der Waals surface area contributed by atoms with Crippen LogP contribution in [-0.2, 0) is 24.7 Å². The van der Waals surface area contributed by atoms with Crippen LogP contribution in [0.2, 0.25) is 0 Å². The molecule has 1 aliphatic carbocycles. The monoisotopic (exact) mass is 392 g/mol. The fourth-order valence-electron chi connectivity index (χ4n) is 3.21. The molecular formula is C19H28N4OS2. The van der Waals surface area contributed by atoms with Gasteiger partial charge in [0.2, 0.25) is 5.91 Å². The number of fused-ring (bicyclic) bond motifs is 1. The molecule has 7 heteroatoms. The molecule has 0 radical (unpaired) electrons. The van der Waals surface area contributed by atoms with Gasteiger partial charge in [-0.25, -0.2) is 0 Å². The Morgan fingerprint density at radius 2 is 2.27 bits per heavy atom. The molecule has 1 N–H and O–H groups in total. The molecule has 0 fully saturated rings. The minimum Gasteiger partial charge on any atom is -0.355 e. The molecule has 2 heterocycles. The Hall–Kier alpha value is -1.34. The average molecular weight is 393 g/mol. The van der Waals surface area contributed by atoms with Crippen molar-refractivity contribution in [3.8, 4) is 10.7 Å². The first-order valence-electron chi connectivity index (χ1n) is 9.38. The Kier molecular flexibility index (Phi) is 6.40. The summed E-state index contributed by atoms with van der Waals surface area (Å²) in [7, 11) is 1.98. The molecule has 0 aliphatic heterocycles. The number of rotatable bonds is 7. The first-order chi connectivity index (χ1) is 12.5. The van der Waals surface area contributed by atoms with E-state index in [4.69, 9.17) is 0 Å². The minimum absolute atomic E-state index is 0.0467. The number of hydrogen-bond acceptors (Lipinski definition) is 5. The lowest BCUT2D eigenvalue weighted by molar-refractivity contribution is -0.118. The van der Waals surface area contributed by atoms with Crippen molar-refractivity contribution in [2.24, 2.45) is 18.9 Å². The van der Waals surface area contributed by atoms with Gasteiger partial charge in [0, 0.05) is 18.5 Å². The largest absolute Gasteiger partial charge is 0.355 e. The number of amides is 1. The number of thioether (sulfide) groups is 1. The maximum absolute atomic E-state index is 11.9. The predicted octanol–water partition coefficient (Wildman–Crippen LogP) is 3.92. The van der Waals surface area contributed by atoms with Crippen molar-refractivity contribution in [2.75, 3.05) is 12.3 Å². The Morgan fingerprint density at radius 3 is 3.00 bits per heavy atom. The van der Waals surface area contributed by atoms with E-state index >= 15 is 0 Å². The highest BCUT2D eigenvalue weighted by atomic mass is 32.2. The van der Waals surface area contributed by atoms with Gasteiger partial charge in [0.15, 0.2) is 11.0 Å². The zero-order valence-corrected chi connectivity index (χ0v) is 17.7. The summed E-state index contributed by atoms with van der Waals surface area (Å²) < 4.78 is 2.01. The zero-order valence-electron chi connectivity index (χ0n) is 16.0. The first-order valence-corrected chi connectivity index (χ1v) is 11.2. The maximum Gasteiger partial charge on any atom is 0.230 e. The number of nitrogens with zero attached hydrogens (tertiary/aromatic N) is 3. The van der Waals surface area contributed by atoms with Crippen molar-refractivity contribution >= 4 is 29.0 Å². The van der Waals surface area contributed by atoms with E-state index in [1.807, 2.05) is 23.0 Å². The molecule has 1 atom stereocenters. The molecule has 26 heavy (non-hydrogen) atoms. The fourth-order valence-corrected chi connectivity index (χ4v) is 5.18. The van der Waals surface area contributed by atoms with Crippen LogP contribution in [0.4, 0.5) is 0 Å². The van der Waals surface area contributed by atoms with E-state index in [-0.39, 0.29) is 5.91 Å². The second-order valence-corrected chi connectivity index (χ2v) is 9.51. The van der Waals surface area contributed by atoms with Crippen LogP contribution >= 0.6 is 23.1 Å². The van der Waals surface area contributed by atoms with E-state index < -0.39 is 0 Å². The minimum atomic E-state index is 0.0467. The average Bonchev–Trinajstić information content (AvgIpc) is 3.20. The Balaban J connectivity index is 1.66. The lowest BCUT2D eigenvalue weighted by atomic mass is 9.87. The molecule has 0 spiro atoms. The van der Waals surface area contributed by atoms with Crippen LogP contribution in [0.25, 0.3) is 10.7 Å². The molecule has 3 rings (SSSR count). The van der Waals surface area contributed by atoms with Gasteiger partial charge in [-0.15, -0.1) is 21.5 Å². The molecule has 0 bridgehead atoms. The second kappa shape index (κ2) is 8.57. The number of nitrogens with one attached hydrogen (secondary N) is 1. The number of aryl methyl sites for hydroxylation is 1. The summed E-state index contributed by atoms with van der Waals surface area (Å²) in [6.07, 6.45) is 4.94. The number of aromatic nitrogens is 3. The highest BCUT2D eigenvalue weighted by Crippen LogP contribution is 2.37. The molecular weight excluding hydrogens is 364 g/mol. The quantitative estimate of drug-likeness (QED) is 0.726. The third-order valence-electron chi connectivity index (χ3n) is 4.86. The van der Waals surface area contributed by atoms with E-state index in [0.717, 1.165) is 16.9 Å². The summed E-state index contributed by atoms with van der Waals surface area (Å²) in [6.45, 7) is 7.17. The van der Waals surface area contributed by atoms with Crippen molar-refractivity contribution in [3.63, 3.8) is 0 Å². The molecule has 0 saturated carbocycles. The summed E-state index contributed by atoms with van der Waals surface area (Å²) in [5.74, 6) is 2.60. The van der Waals surface area contributed by atoms with Crippen LogP contribution in [0, 0.1) is 11.8 Å². The summed E-state index contributed by atoms with van der Waals surface area (Å²) in [6, 6.07) is 2.30. The van der Waals surface area contributed by atoms with Crippen LogP contribution in [0.1, 0.15) is 44.1 Å². The third-order valence-corrected chi connectivity index (χ3v) is 7.11. The number of hydrogen-bond donors (Lipinski definition) is 1. The Labute approximate surface area is 164 Å². The normalized spacial score (nSPS) is 16.7. The van der Waals surface area contributed by atoms with E-state index in [9.17, 15) is 4.79 Å². The molecule has 5 nitrogen and oxygen atoms in total. The summed E-state index contributed by atoms with van der Waals surface area (Å²) in [4.78, 5) is 14.6. The number of thiophene rings is 1. The summed E-state index contributed by atoms with van der Waals surface area (Å²) in [5, 5.41) is 12.4. The van der Waals surface area contributed by atoms with E-state index in [1.54, 1.807) is 0 Å². The molecule has 2 aromatic heterocycles. The van der Waals surface area contributed by atoms with Gasteiger partial charge < -0.3 is 9.88 Å². The molecule has 0 saturated heterocycles. The van der Waals surface area contributed by atoms with Gasteiger partial charge in [0.25, 0.3) is 0 Å². The standard InChI is InChI=1S/C19H28N4OS2/c1-5-13-6-7-15-14(8-13)9-16(26-15)18-21-22-19(23(18)4)25-11-17(24)20-10-12(2)3/h9,12-13H,5-8,10-11H2,1-4H3,(H,20,24). The van der Waals surface area contributed by atoms with E-state index in [1.165, 1.54) is 52.8 Å². The van der Waals surface area contributed by atoms with Gasteiger partial charge in [-0.3, -0.25) is 4.79 Å². The molecule has 0 aromatic carbocycles. The molecule has 142 valence electrons.